The van der Waals surface area contributed by atoms with Gasteiger partial charge in [-0.25, -0.2) is 19.7 Å². The highest BCUT2D eigenvalue weighted by Crippen LogP contribution is 2.37. The van der Waals surface area contributed by atoms with Gasteiger partial charge < -0.3 is 4.74 Å². The first kappa shape index (κ1) is 17.6. The van der Waals surface area contributed by atoms with E-state index < -0.39 is 23.7 Å². The number of pyridine rings is 1. The smallest absolute Gasteiger partial charge is 0.406 e. The van der Waals surface area contributed by atoms with Crippen molar-refractivity contribution >= 4 is 23.5 Å². The van der Waals surface area contributed by atoms with Crippen molar-refractivity contribution in [2.24, 2.45) is 0 Å². The molecule has 0 unspecified atom stereocenters. The first-order chi connectivity index (χ1) is 12.3. The molecule has 134 valence electrons. The Morgan fingerprint density at radius 3 is 2.50 bits per heavy atom. The van der Waals surface area contributed by atoms with Crippen molar-refractivity contribution in [3.63, 3.8) is 0 Å². The van der Waals surface area contributed by atoms with Crippen molar-refractivity contribution in [2.75, 3.05) is 5.32 Å². The quantitative estimate of drug-likeness (QED) is 0.744. The van der Waals surface area contributed by atoms with E-state index >= 15 is 0 Å². The second kappa shape index (κ2) is 6.96. The summed E-state index contributed by atoms with van der Waals surface area (Å²) in [5, 5.41) is 6.06. The molecular formula is C14H8ClF3N6O2. The monoisotopic (exact) mass is 384 g/mol. The van der Waals surface area contributed by atoms with Gasteiger partial charge in [-0.05, 0) is 18.2 Å². The largest absolute Gasteiger partial charge is 0.437 e. The number of hydrogen-bond donors (Lipinski definition) is 1. The lowest BCUT2D eigenvalue weighted by molar-refractivity contribution is -0.143. The van der Waals surface area contributed by atoms with Crippen LogP contribution in [-0.2, 0) is 6.18 Å². The van der Waals surface area contributed by atoms with E-state index in [-0.39, 0.29) is 11.8 Å². The number of halogens is 4. The Balaban J connectivity index is 1.87. The molecule has 0 aliphatic rings. The van der Waals surface area contributed by atoms with Gasteiger partial charge in [-0.15, -0.1) is 0 Å². The molecule has 0 aliphatic heterocycles. The molecule has 3 heterocycles. The van der Waals surface area contributed by atoms with Crippen molar-refractivity contribution in [3.8, 4) is 11.7 Å². The first-order valence-corrected chi connectivity index (χ1v) is 7.25. The minimum absolute atomic E-state index is 0.0479. The molecule has 0 aliphatic carbocycles. The maximum atomic E-state index is 13.4. The summed E-state index contributed by atoms with van der Waals surface area (Å²) in [6.45, 7) is 0. The van der Waals surface area contributed by atoms with Crippen LogP contribution in [0.5, 0.6) is 5.75 Å². The van der Waals surface area contributed by atoms with Crippen molar-refractivity contribution < 1.29 is 22.7 Å². The number of ether oxygens (including phenoxy) is 1. The lowest BCUT2D eigenvalue weighted by Crippen LogP contribution is -2.21. The minimum Gasteiger partial charge on any atom is -0.406 e. The van der Waals surface area contributed by atoms with Gasteiger partial charge in [0.25, 0.3) is 5.95 Å². The average molecular weight is 385 g/mol. The van der Waals surface area contributed by atoms with Crippen LogP contribution in [0.2, 0.25) is 5.02 Å². The zero-order valence-corrected chi connectivity index (χ0v) is 13.4. The third-order valence-electron chi connectivity index (χ3n) is 2.91. The number of nitrogens with one attached hydrogen (secondary N) is 1. The van der Waals surface area contributed by atoms with E-state index in [9.17, 15) is 18.0 Å². The second-order valence-corrected chi connectivity index (χ2v) is 5.13. The molecule has 12 heteroatoms. The molecule has 3 aromatic rings. The summed E-state index contributed by atoms with van der Waals surface area (Å²) in [7, 11) is 0. The van der Waals surface area contributed by atoms with Crippen LogP contribution in [0.3, 0.4) is 0 Å². The molecule has 0 bridgehead atoms. The van der Waals surface area contributed by atoms with Crippen molar-refractivity contribution in [1.29, 1.82) is 0 Å². The predicted octanol–water partition coefficient (Wildman–Crippen LogP) is 3.34. The van der Waals surface area contributed by atoms with Gasteiger partial charge in [-0.1, -0.05) is 11.6 Å². The number of hydrogen-bond acceptors (Lipinski definition) is 6. The summed E-state index contributed by atoms with van der Waals surface area (Å²) in [5.74, 6) is -1.09. The summed E-state index contributed by atoms with van der Waals surface area (Å²) in [6.07, 6.45) is -1.55. The molecule has 3 rings (SSSR count). The minimum atomic E-state index is -4.87. The van der Waals surface area contributed by atoms with E-state index in [4.69, 9.17) is 16.3 Å². The average Bonchev–Trinajstić information content (AvgIpc) is 3.01. The van der Waals surface area contributed by atoms with Crippen molar-refractivity contribution in [1.82, 2.24) is 24.7 Å². The Labute approximate surface area is 148 Å². The van der Waals surface area contributed by atoms with E-state index in [1.807, 2.05) is 0 Å². The van der Waals surface area contributed by atoms with Gasteiger partial charge in [0.05, 0.1) is 11.2 Å². The van der Waals surface area contributed by atoms with Gasteiger partial charge in [-0.3, -0.25) is 5.32 Å². The Kier molecular flexibility index (Phi) is 4.71. The highest BCUT2D eigenvalue weighted by Gasteiger charge is 2.41. The molecule has 0 aromatic carbocycles. The summed E-state index contributed by atoms with van der Waals surface area (Å²) in [6, 6.07) is 4.23. The molecule has 0 atom stereocenters. The molecule has 8 nitrogen and oxygen atoms in total. The van der Waals surface area contributed by atoms with Crippen LogP contribution in [-0.4, -0.2) is 30.8 Å². The van der Waals surface area contributed by atoms with E-state index in [1.165, 1.54) is 36.8 Å². The molecule has 26 heavy (non-hydrogen) atoms. The molecule has 1 amide bonds. The molecule has 0 fully saturated rings. The van der Waals surface area contributed by atoms with Gasteiger partial charge in [0.15, 0.2) is 11.4 Å². The van der Waals surface area contributed by atoms with E-state index in [0.717, 1.165) is 6.20 Å². The number of nitrogens with zero attached hydrogens (tertiary/aromatic N) is 5. The Morgan fingerprint density at radius 1 is 1.15 bits per heavy atom. The van der Waals surface area contributed by atoms with Crippen LogP contribution in [0, 0.1) is 0 Å². The van der Waals surface area contributed by atoms with Crippen molar-refractivity contribution in [3.05, 3.63) is 53.7 Å². The number of carbonyl (C=O) groups excluding carboxylic acids is 1. The zero-order chi connectivity index (χ0) is 18.7. The summed E-state index contributed by atoms with van der Waals surface area (Å²) in [4.78, 5) is 23.0. The predicted molar refractivity (Wildman–Crippen MR) is 83.0 cm³/mol. The molecule has 1 N–H and O–H groups in total. The lowest BCUT2D eigenvalue weighted by Gasteiger charge is -2.11. The zero-order valence-electron chi connectivity index (χ0n) is 12.6. The molecule has 0 radical (unpaired) electrons. The SMILES string of the molecule is O=C(Nc1ccc(Cl)cn1)Oc1cnn(-c2ncccn2)c1C(F)(F)F. The van der Waals surface area contributed by atoms with Gasteiger partial charge in [-0.2, -0.15) is 23.0 Å². The van der Waals surface area contributed by atoms with E-state index in [2.05, 4.69) is 25.4 Å². The fourth-order valence-corrected chi connectivity index (χ4v) is 2.01. The maximum Gasteiger partial charge on any atom is 0.437 e. The van der Waals surface area contributed by atoms with Crippen LogP contribution in [0.15, 0.2) is 43.0 Å². The highest BCUT2D eigenvalue weighted by atomic mass is 35.5. The normalized spacial score (nSPS) is 11.2. The van der Waals surface area contributed by atoms with Crippen LogP contribution < -0.4 is 10.1 Å². The van der Waals surface area contributed by atoms with E-state index in [0.29, 0.717) is 9.70 Å². The van der Waals surface area contributed by atoms with E-state index in [1.54, 1.807) is 0 Å². The summed E-state index contributed by atoms with van der Waals surface area (Å²) >= 11 is 5.66. The molecule has 0 saturated heterocycles. The number of carbonyl (C=O) groups is 1. The van der Waals surface area contributed by atoms with Crippen molar-refractivity contribution in [2.45, 2.75) is 6.18 Å². The highest BCUT2D eigenvalue weighted by molar-refractivity contribution is 6.30. The molecule has 0 saturated carbocycles. The Hall–Kier alpha value is -3.21. The van der Waals surface area contributed by atoms with Crippen LogP contribution in [0.4, 0.5) is 23.8 Å². The van der Waals surface area contributed by atoms with Gasteiger partial charge >= 0.3 is 12.3 Å². The molecule has 0 spiro atoms. The van der Waals surface area contributed by atoms with Gasteiger partial charge in [0.1, 0.15) is 5.82 Å². The summed E-state index contributed by atoms with van der Waals surface area (Å²) < 4.78 is 45.3. The number of alkyl halides is 3. The topological polar surface area (TPSA) is 94.8 Å². The fraction of sp³-hybridized carbons (Fsp3) is 0.0714. The number of aromatic nitrogens is 5. The first-order valence-electron chi connectivity index (χ1n) is 6.87. The third-order valence-corrected chi connectivity index (χ3v) is 3.13. The summed E-state index contributed by atoms with van der Waals surface area (Å²) in [5.41, 5.74) is -1.33. The molecular weight excluding hydrogens is 377 g/mol. The Bertz CT molecular complexity index is 915. The molecule has 3 aromatic heterocycles. The van der Waals surface area contributed by atoms with Crippen LogP contribution in [0.1, 0.15) is 5.69 Å². The maximum absolute atomic E-state index is 13.4. The third kappa shape index (κ3) is 3.88. The van der Waals surface area contributed by atoms with Crippen LogP contribution in [0.25, 0.3) is 5.95 Å². The second-order valence-electron chi connectivity index (χ2n) is 4.69. The van der Waals surface area contributed by atoms with Gasteiger partial charge in [0.2, 0.25) is 0 Å². The number of amides is 1. The Morgan fingerprint density at radius 2 is 1.88 bits per heavy atom. The number of anilines is 1. The fourth-order valence-electron chi connectivity index (χ4n) is 1.90. The van der Waals surface area contributed by atoms with Gasteiger partial charge in [0, 0.05) is 18.6 Å². The lowest BCUT2D eigenvalue weighted by atomic mass is 10.4. The number of rotatable bonds is 3. The standard InChI is InChI=1S/C14H8ClF3N6O2/c15-8-2-3-10(21-6-8)23-13(25)26-9-7-22-24(11(9)14(16,17)18)12-19-4-1-5-20-12/h1-7H,(H,21,23,25). The van der Waals surface area contributed by atoms with Crippen LogP contribution >= 0.6 is 11.6 Å².